The molecule has 0 radical (unpaired) electrons. The van der Waals surface area contributed by atoms with Gasteiger partial charge >= 0.3 is 5.97 Å². The third-order valence-corrected chi connectivity index (χ3v) is 4.51. The maximum absolute atomic E-state index is 10.8. The van der Waals surface area contributed by atoms with Gasteiger partial charge in [0.2, 0.25) is 0 Å². The number of thiophene rings is 1. The SMILES string of the molecule is COc1ccc2c(c1)nc(SCC(=O)O)n2-c1ccsc1. The van der Waals surface area contributed by atoms with E-state index in [1.165, 1.54) is 11.8 Å². The predicted molar refractivity (Wildman–Crippen MR) is 83.9 cm³/mol. The standard InChI is InChI=1S/C14H12N2O3S2/c1-19-10-2-3-12-11(6-10)15-14(21-8-13(17)18)16(12)9-4-5-20-7-9/h2-7H,8H2,1H3,(H,17,18). The molecule has 0 atom stereocenters. The molecule has 21 heavy (non-hydrogen) atoms. The minimum Gasteiger partial charge on any atom is -0.497 e. The molecule has 1 aromatic carbocycles. The Bertz CT molecular complexity index is 781. The Morgan fingerprint density at radius 2 is 2.33 bits per heavy atom. The second-order valence-corrected chi connectivity index (χ2v) is 5.97. The van der Waals surface area contributed by atoms with Crippen molar-refractivity contribution in [2.24, 2.45) is 0 Å². The molecule has 3 rings (SSSR count). The molecule has 0 aliphatic rings. The normalized spacial score (nSPS) is 10.9. The highest BCUT2D eigenvalue weighted by Gasteiger charge is 2.15. The van der Waals surface area contributed by atoms with Gasteiger partial charge in [-0.15, -0.1) is 0 Å². The summed E-state index contributed by atoms with van der Waals surface area (Å²) in [5.41, 5.74) is 2.70. The van der Waals surface area contributed by atoms with E-state index >= 15 is 0 Å². The fourth-order valence-corrected chi connectivity index (χ4v) is 3.39. The van der Waals surface area contributed by atoms with Gasteiger partial charge in [-0.3, -0.25) is 9.36 Å². The lowest BCUT2D eigenvalue weighted by molar-refractivity contribution is -0.133. The molecule has 0 spiro atoms. The van der Waals surface area contributed by atoms with Crippen LogP contribution >= 0.6 is 23.1 Å². The number of nitrogens with zero attached hydrogens (tertiary/aromatic N) is 2. The van der Waals surface area contributed by atoms with Gasteiger partial charge in [-0.1, -0.05) is 11.8 Å². The van der Waals surface area contributed by atoms with E-state index in [9.17, 15) is 4.79 Å². The predicted octanol–water partition coefficient (Wildman–Crippen LogP) is 3.27. The number of rotatable bonds is 5. The van der Waals surface area contributed by atoms with Gasteiger partial charge in [-0.2, -0.15) is 11.3 Å². The highest BCUT2D eigenvalue weighted by atomic mass is 32.2. The number of hydrogen-bond acceptors (Lipinski definition) is 5. The molecule has 0 saturated heterocycles. The van der Waals surface area contributed by atoms with Gasteiger partial charge in [0.15, 0.2) is 5.16 Å². The first kappa shape index (κ1) is 14.0. The lowest BCUT2D eigenvalue weighted by Crippen LogP contribution is -2.01. The summed E-state index contributed by atoms with van der Waals surface area (Å²) in [6.45, 7) is 0. The zero-order valence-electron chi connectivity index (χ0n) is 11.1. The zero-order valence-corrected chi connectivity index (χ0v) is 12.8. The van der Waals surface area contributed by atoms with Crippen LogP contribution in [0.4, 0.5) is 0 Å². The molecular formula is C14H12N2O3S2. The quantitative estimate of drug-likeness (QED) is 0.731. The Morgan fingerprint density at radius 1 is 1.48 bits per heavy atom. The first-order valence-electron chi connectivity index (χ1n) is 6.12. The molecule has 0 amide bonds. The van der Waals surface area contributed by atoms with Crippen molar-refractivity contribution in [1.82, 2.24) is 9.55 Å². The summed E-state index contributed by atoms with van der Waals surface area (Å²) in [5, 5.41) is 13.5. The number of imidazole rings is 1. The van der Waals surface area contributed by atoms with Gasteiger partial charge < -0.3 is 9.84 Å². The Kier molecular flexibility index (Phi) is 3.85. The number of hydrogen-bond donors (Lipinski definition) is 1. The van der Waals surface area contributed by atoms with Crippen LogP contribution in [0.25, 0.3) is 16.7 Å². The number of carbonyl (C=O) groups is 1. The van der Waals surface area contributed by atoms with Crippen LogP contribution in [0.2, 0.25) is 0 Å². The van der Waals surface area contributed by atoms with Gasteiger partial charge in [0.1, 0.15) is 5.75 Å². The van der Waals surface area contributed by atoms with Crippen LogP contribution in [0.3, 0.4) is 0 Å². The van der Waals surface area contributed by atoms with Crippen molar-refractivity contribution < 1.29 is 14.6 Å². The monoisotopic (exact) mass is 320 g/mol. The highest BCUT2D eigenvalue weighted by Crippen LogP contribution is 2.30. The number of benzene rings is 1. The van der Waals surface area contributed by atoms with Crippen molar-refractivity contribution in [3.63, 3.8) is 0 Å². The average molecular weight is 320 g/mol. The number of methoxy groups -OCH3 is 1. The smallest absolute Gasteiger partial charge is 0.313 e. The largest absolute Gasteiger partial charge is 0.497 e. The number of aromatic nitrogens is 2. The van der Waals surface area contributed by atoms with Gasteiger partial charge in [0.05, 0.1) is 29.6 Å². The van der Waals surface area contributed by atoms with Gasteiger partial charge in [-0.05, 0) is 23.6 Å². The van der Waals surface area contributed by atoms with Gasteiger partial charge in [0.25, 0.3) is 0 Å². The van der Waals surface area contributed by atoms with Crippen LogP contribution in [0.1, 0.15) is 0 Å². The number of thioether (sulfide) groups is 1. The topological polar surface area (TPSA) is 64.3 Å². The number of carboxylic acid groups (broad SMARTS) is 1. The van der Waals surface area contributed by atoms with E-state index in [2.05, 4.69) is 4.98 Å². The zero-order chi connectivity index (χ0) is 14.8. The average Bonchev–Trinajstić information content (AvgIpc) is 3.10. The van der Waals surface area contributed by atoms with E-state index < -0.39 is 5.97 Å². The molecule has 0 aliphatic heterocycles. The Labute approximate surface area is 129 Å². The Balaban J connectivity index is 2.14. The first-order chi connectivity index (χ1) is 10.2. The highest BCUT2D eigenvalue weighted by molar-refractivity contribution is 7.99. The van der Waals surface area contributed by atoms with Crippen molar-refractivity contribution in [2.45, 2.75) is 5.16 Å². The Morgan fingerprint density at radius 3 is 3.00 bits per heavy atom. The molecular weight excluding hydrogens is 308 g/mol. The molecule has 2 aromatic heterocycles. The minimum atomic E-state index is -0.860. The van der Waals surface area contributed by atoms with E-state index in [1.54, 1.807) is 18.4 Å². The molecule has 108 valence electrons. The summed E-state index contributed by atoms with van der Waals surface area (Å²) in [5.74, 6) is -0.154. The minimum absolute atomic E-state index is 0.0232. The van der Waals surface area contributed by atoms with E-state index in [4.69, 9.17) is 9.84 Å². The molecule has 0 saturated carbocycles. The van der Waals surface area contributed by atoms with Crippen molar-refractivity contribution in [2.75, 3.05) is 12.9 Å². The van der Waals surface area contributed by atoms with Crippen LogP contribution in [-0.4, -0.2) is 33.5 Å². The summed E-state index contributed by atoms with van der Waals surface area (Å²) >= 11 is 2.80. The van der Waals surface area contributed by atoms with E-state index in [0.717, 1.165) is 22.5 Å². The first-order valence-corrected chi connectivity index (χ1v) is 8.05. The van der Waals surface area contributed by atoms with E-state index in [0.29, 0.717) is 5.16 Å². The van der Waals surface area contributed by atoms with Crippen molar-refractivity contribution in [3.05, 3.63) is 35.0 Å². The van der Waals surface area contributed by atoms with Crippen molar-refractivity contribution in [3.8, 4) is 11.4 Å². The van der Waals surface area contributed by atoms with E-state index in [1.807, 2.05) is 39.6 Å². The van der Waals surface area contributed by atoms with Crippen LogP contribution in [-0.2, 0) is 4.79 Å². The third-order valence-electron chi connectivity index (χ3n) is 2.92. The fraction of sp³-hybridized carbons (Fsp3) is 0.143. The molecule has 2 heterocycles. The lowest BCUT2D eigenvalue weighted by atomic mass is 10.3. The lowest BCUT2D eigenvalue weighted by Gasteiger charge is -2.05. The molecule has 0 bridgehead atoms. The maximum atomic E-state index is 10.8. The van der Waals surface area contributed by atoms with Crippen LogP contribution < -0.4 is 4.74 Å². The third kappa shape index (κ3) is 2.74. The summed E-state index contributed by atoms with van der Waals surface area (Å²) in [7, 11) is 1.61. The van der Waals surface area contributed by atoms with Crippen molar-refractivity contribution >= 4 is 40.1 Å². The second kappa shape index (κ2) is 5.79. The number of fused-ring (bicyclic) bond motifs is 1. The fourth-order valence-electron chi connectivity index (χ4n) is 2.02. The number of aliphatic carboxylic acids is 1. The second-order valence-electron chi connectivity index (χ2n) is 4.25. The number of carboxylic acids is 1. The molecule has 1 N–H and O–H groups in total. The van der Waals surface area contributed by atoms with Gasteiger partial charge in [-0.25, -0.2) is 4.98 Å². The maximum Gasteiger partial charge on any atom is 0.313 e. The molecule has 5 nitrogen and oxygen atoms in total. The van der Waals surface area contributed by atoms with Crippen molar-refractivity contribution in [1.29, 1.82) is 0 Å². The molecule has 0 fully saturated rings. The Hall–Kier alpha value is -1.99. The van der Waals surface area contributed by atoms with Crippen LogP contribution in [0.5, 0.6) is 5.75 Å². The molecule has 0 unspecified atom stereocenters. The summed E-state index contributed by atoms with van der Waals surface area (Å²) in [6, 6.07) is 7.64. The summed E-state index contributed by atoms with van der Waals surface area (Å²) in [6.07, 6.45) is 0. The van der Waals surface area contributed by atoms with E-state index in [-0.39, 0.29) is 5.75 Å². The van der Waals surface area contributed by atoms with Crippen LogP contribution in [0.15, 0.2) is 40.2 Å². The van der Waals surface area contributed by atoms with Crippen LogP contribution in [0, 0.1) is 0 Å². The molecule has 7 heteroatoms. The molecule has 3 aromatic rings. The van der Waals surface area contributed by atoms with Gasteiger partial charge in [0, 0.05) is 11.4 Å². The summed E-state index contributed by atoms with van der Waals surface area (Å²) < 4.78 is 7.18. The number of ether oxygens (including phenoxy) is 1. The molecule has 0 aliphatic carbocycles. The summed E-state index contributed by atoms with van der Waals surface area (Å²) in [4.78, 5) is 15.3.